The summed E-state index contributed by atoms with van der Waals surface area (Å²) in [7, 11) is 0. The largest absolute Gasteiger partial charge is 0.507 e. The van der Waals surface area contributed by atoms with Gasteiger partial charge in [-0.3, -0.25) is 19.1 Å². The molecule has 2 aliphatic rings. The molecule has 12 aromatic carbocycles. The molecule has 2 aliphatic carbocycles. The first-order valence-corrected chi connectivity index (χ1v) is 44.8. The molecule has 0 amide bonds. The van der Waals surface area contributed by atoms with Crippen molar-refractivity contribution in [1.29, 1.82) is 0 Å². The van der Waals surface area contributed by atoms with Crippen molar-refractivity contribution in [2.75, 3.05) is 0 Å². The summed E-state index contributed by atoms with van der Waals surface area (Å²) < 4.78 is 4.56. The third-order valence-electron chi connectivity index (χ3n) is 26.4. The van der Waals surface area contributed by atoms with Crippen LogP contribution in [0.2, 0.25) is 0 Å². The van der Waals surface area contributed by atoms with Crippen LogP contribution in [0.1, 0.15) is 234 Å². The van der Waals surface area contributed by atoms with Crippen LogP contribution in [0.4, 0.5) is 0 Å². The second-order valence-electron chi connectivity index (χ2n) is 43.4. The Bertz CT molecular complexity index is 7010. The van der Waals surface area contributed by atoms with Crippen LogP contribution in [0, 0.1) is 12.1 Å². The number of pyridine rings is 2. The maximum atomic E-state index is 12.6. The van der Waals surface area contributed by atoms with Crippen LogP contribution in [0.3, 0.4) is 0 Å². The summed E-state index contributed by atoms with van der Waals surface area (Å²) in [5, 5.41) is 25.0. The first kappa shape index (κ1) is 91.6. The van der Waals surface area contributed by atoms with E-state index in [1.807, 2.05) is 6.20 Å². The average Bonchev–Trinajstić information content (AvgIpc) is 1.58. The molecule has 0 fully saturated rings. The minimum Gasteiger partial charge on any atom is -0.507 e. The fraction of sp³-hybridized carbons (Fsp3) is 0.288. The number of nitrogens with zero attached hydrogens (tertiary/aromatic N) is 6. The monoisotopic (exact) mass is 2040 g/mol. The molecule has 128 heavy (non-hydrogen) atoms. The maximum Gasteiger partial charge on any atom is 0.148 e. The van der Waals surface area contributed by atoms with Gasteiger partial charge in [-0.1, -0.05) is 365 Å². The predicted octanol–water partition coefficient (Wildman–Crippen LogP) is 30.9. The molecule has 4 aromatic heterocycles. The Morgan fingerprint density at radius 3 is 1.02 bits per heavy atom. The smallest absolute Gasteiger partial charge is 0.148 e. The van der Waals surface area contributed by atoms with Crippen molar-refractivity contribution in [2.45, 2.75) is 222 Å². The van der Waals surface area contributed by atoms with E-state index in [9.17, 15) is 10.2 Å². The van der Waals surface area contributed by atoms with Crippen molar-refractivity contribution in [3.8, 4) is 135 Å². The van der Waals surface area contributed by atoms with Gasteiger partial charge in [0.15, 0.2) is 0 Å². The molecule has 0 spiro atoms. The molecule has 16 aromatic rings. The molecule has 656 valence electrons. The predicted molar refractivity (Wildman–Crippen MR) is 528 cm³/mol. The van der Waals surface area contributed by atoms with Gasteiger partial charge in [0, 0.05) is 110 Å². The molecule has 0 unspecified atom stereocenters. The molecule has 0 atom stereocenters. The van der Waals surface area contributed by atoms with E-state index in [0.29, 0.717) is 22.8 Å². The van der Waals surface area contributed by atoms with Crippen molar-refractivity contribution in [2.24, 2.45) is 0 Å². The van der Waals surface area contributed by atoms with Gasteiger partial charge in [-0.15, -0.1) is 59.2 Å². The average molecular weight is 2040 g/mol. The molecule has 0 radical (unpaired) electrons. The van der Waals surface area contributed by atoms with Crippen molar-refractivity contribution in [3.63, 3.8) is 0 Å². The summed E-state index contributed by atoms with van der Waals surface area (Å²) >= 11 is 0. The maximum absolute atomic E-state index is 12.6. The zero-order valence-electron chi connectivity index (χ0n) is 79.0. The topological polar surface area (TPSA) is 102 Å². The van der Waals surface area contributed by atoms with E-state index < -0.39 is 0 Å². The van der Waals surface area contributed by atoms with E-state index >= 15 is 0 Å². The number of imidazole rings is 2. The zero-order chi connectivity index (χ0) is 89.8. The third-order valence-corrected chi connectivity index (χ3v) is 26.4. The number of phenols is 2. The zero-order valence-corrected chi connectivity index (χ0v) is 83.6. The second-order valence-corrected chi connectivity index (χ2v) is 43.4. The molecular formula is C118H120N6O2Pt2-2. The molecule has 18 rings (SSSR count). The van der Waals surface area contributed by atoms with Gasteiger partial charge in [-0.05, 0) is 153 Å². The number of phenolic OH excluding ortho intramolecular Hbond substituents is 2. The van der Waals surface area contributed by atoms with E-state index in [1.165, 1.54) is 61.2 Å². The summed E-state index contributed by atoms with van der Waals surface area (Å²) in [6.07, 6.45) is 4.09. The molecule has 0 aliphatic heterocycles. The van der Waals surface area contributed by atoms with Gasteiger partial charge in [0.25, 0.3) is 0 Å². The second kappa shape index (κ2) is 33.1. The summed E-state index contributed by atoms with van der Waals surface area (Å²) in [4.78, 5) is 21.5. The molecule has 2 N–H and O–H groups in total. The van der Waals surface area contributed by atoms with Crippen LogP contribution >= 0.6 is 0 Å². The third kappa shape index (κ3) is 16.7. The summed E-state index contributed by atoms with van der Waals surface area (Å²) in [6, 6.07) is 97.0. The number of benzene rings is 12. The Hall–Kier alpha value is -11.1. The number of hydrogen-bond acceptors (Lipinski definition) is 6. The van der Waals surface area contributed by atoms with Crippen molar-refractivity contribution >= 4 is 22.1 Å². The molecule has 0 saturated carbocycles. The fourth-order valence-corrected chi connectivity index (χ4v) is 18.7. The van der Waals surface area contributed by atoms with E-state index in [4.69, 9.17) is 19.9 Å². The van der Waals surface area contributed by atoms with E-state index in [0.717, 1.165) is 123 Å². The van der Waals surface area contributed by atoms with Gasteiger partial charge < -0.3 is 10.2 Å². The Kier molecular flexibility index (Phi) is 23.7. The molecule has 0 saturated heterocycles. The molecule has 0 bridgehead atoms. The molecule has 4 heterocycles. The summed E-state index contributed by atoms with van der Waals surface area (Å²) in [6.45, 7) is 56.0. The quantitative estimate of drug-likeness (QED) is 0.132. The van der Waals surface area contributed by atoms with E-state index in [1.54, 1.807) is 0 Å². The number of fused-ring (bicyclic) bond motifs is 8. The molecule has 10 heteroatoms. The standard InChI is InChI=1S/C61H64N3O.C57H56N3O.2Pt/c1-57(2,3)40-27-28-52(45(32-40)37-21-16-15-17-22-37)64-53-26-20-24-43(54(53)63-56(64)46-33-42(59(7,8)9)34-50(55(46)65)60(10,11)12)38-29-39(31-41(30-38)58(4,5)6)51-35-49-47(36-62-51)44-23-18-19-25-48(44)61(49,13)14;1-54(2,3)38-27-28-49(42(30-38)35-19-13-12-14-20-35)60-50-26-18-24-40(51(50)59-53(60)43-31-39(55(4,5)6)32-47(52(43)61)56(7,8)9)36-21-17-22-37(29-36)48-33-46-44(34-58-48)41-23-15-16-25-45(41)57(46,10)11;;/h15-28,30-36,65H,1-14H3;12-28,30-34,61H,1-11H3;;/q2*-1;;. The van der Waals surface area contributed by atoms with Crippen molar-refractivity contribution in [3.05, 3.63) is 334 Å². The number of para-hydroxylation sites is 2. The van der Waals surface area contributed by atoms with Gasteiger partial charge in [0.1, 0.15) is 23.1 Å². The van der Waals surface area contributed by atoms with Crippen LogP contribution in [0.15, 0.2) is 261 Å². The molecule has 8 nitrogen and oxygen atoms in total. The normalized spacial score (nSPS) is 13.6. The van der Waals surface area contributed by atoms with E-state index in [2.05, 4.69) is 449 Å². The Morgan fingerprint density at radius 1 is 0.273 bits per heavy atom. The Morgan fingerprint density at radius 2 is 0.609 bits per heavy atom. The van der Waals surface area contributed by atoms with Crippen LogP contribution in [0.5, 0.6) is 11.5 Å². The Labute approximate surface area is 788 Å². The summed E-state index contributed by atoms with van der Waals surface area (Å²) in [5.41, 5.74) is 35.2. The van der Waals surface area contributed by atoms with Gasteiger partial charge >= 0.3 is 0 Å². The van der Waals surface area contributed by atoms with Gasteiger partial charge in [0.2, 0.25) is 0 Å². The van der Waals surface area contributed by atoms with Crippen LogP contribution in [-0.4, -0.2) is 39.3 Å². The van der Waals surface area contributed by atoms with Crippen molar-refractivity contribution < 1.29 is 52.3 Å². The van der Waals surface area contributed by atoms with Crippen LogP contribution in [0.25, 0.3) is 145 Å². The van der Waals surface area contributed by atoms with Gasteiger partial charge in [0.05, 0.1) is 44.6 Å². The number of aromatic nitrogens is 6. The SMILES string of the molecule is CC(C)(C)c1cc(-c2cc3c(cn2)-c2ccccc2C3(C)C)[c-]c(-c2cccc3c2nc(-c2cc(C(C)(C)C)cc(C(C)(C)C)c2O)n3-c2ccc(C(C)(C)C)cc2-c2ccccc2)c1.CC(C)(C)c1ccc(-n2c(-c3cc(C(C)(C)C)cc(C(C)(C)C)c3O)nc3c(-c4[c-]c(-c5cc6c(cn5)-c5ccccc5C6(C)C)ccc4)cccc32)c(-c2ccccc2)c1.[Pt].[Pt]. The van der Waals surface area contributed by atoms with Gasteiger partial charge in [-0.2, -0.15) is 0 Å². The van der Waals surface area contributed by atoms with Gasteiger partial charge in [-0.25, -0.2) is 9.97 Å². The Balaban J connectivity index is 0.000000194. The minimum atomic E-state index is -0.325. The van der Waals surface area contributed by atoms with Crippen molar-refractivity contribution in [1.82, 2.24) is 29.1 Å². The van der Waals surface area contributed by atoms with Crippen LogP contribution in [-0.2, 0) is 90.9 Å². The molecular weight excluding hydrogens is 1920 g/mol. The van der Waals surface area contributed by atoms with Crippen LogP contribution < -0.4 is 0 Å². The number of aromatic hydroxyl groups is 2. The van der Waals surface area contributed by atoms with E-state index in [-0.39, 0.29) is 102 Å². The summed E-state index contributed by atoms with van der Waals surface area (Å²) in [5.74, 6) is 1.90. The number of hydrogen-bond donors (Lipinski definition) is 2. The first-order valence-electron chi connectivity index (χ1n) is 44.8. The minimum absolute atomic E-state index is 0. The number of rotatable bonds is 10. The first-order chi connectivity index (χ1) is 59.2. The fourth-order valence-electron chi connectivity index (χ4n) is 18.7.